The average Bonchev–Trinajstić information content (AvgIpc) is 2.71. The molecule has 0 heterocycles. The van der Waals surface area contributed by atoms with Crippen molar-refractivity contribution < 1.29 is 34.1 Å². The van der Waals surface area contributed by atoms with Crippen LogP contribution in [0, 0.1) is 0 Å². The van der Waals surface area contributed by atoms with Gasteiger partial charge in [0.05, 0.1) is 5.56 Å². The molecule has 28 heavy (non-hydrogen) atoms. The van der Waals surface area contributed by atoms with E-state index in [0.717, 1.165) is 12.2 Å². The number of carboxylic acid groups (broad SMARTS) is 1. The van der Waals surface area contributed by atoms with E-state index < -0.39 is 11.9 Å². The van der Waals surface area contributed by atoms with Gasteiger partial charge in [0.25, 0.3) is 0 Å². The molecule has 0 atom stereocenters. The summed E-state index contributed by atoms with van der Waals surface area (Å²) in [4.78, 5) is 32.4. The summed E-state index contributed by atoms with van der Waals surface area (Å²) in [6, 6.07) is 13.1. The smallest absolute Gasteiger partial charge is 0.330 e. The zero-order valence-corrected chi connectivity index (χ0v) is 15.0. The van der Waals surface area contributed by atoms with Gasteiger partial charge in [0.15, 0.2) is 5.78 Å². The van der Waals surface area contributed by atoms with Crippen LogP contribution >= 0.6 is 0 Å². The quantitative estimate of drug-likeness (QED) is 0.311. The standard InChI is InChI=1S/C18H16O5.C3H4O2/c1-2-17(20)23-11-10-22-14-8-9-15(16(19)12-14)18(21)13-6-4-3-5-7-13;1-2-3(4)5/h2-9,12,19H,1,10-11H2;2H,1H2,(H,4,5). The number of aliphatic carboxylic acids is 1. The molecule has 7 heteroatoms. The Balaban J connectivity index is 0.000000696. The third-order valence-corrected chi connectivity index (χ3v) is 3.19. The molecular weight excluding hydrogens is 364 g/mol. The van der Waals surface area contributed by atoms with Crippen LogP contribution < -0.4 is 4.74 Å². The second-order valence-electron chi connectivity index (χ2n) is 5.14. The zero-order valence-electron chi connectivity index (χ0n) is 15.0. The fourth-order valence-corrected chi connectivity index (χ4v) is 1.90. The molecule has 0 aliphatic carbocycles. The third-order valence-electron chi connectivity index (χ3n) is 3.19. The Morgan fingerprint density at radius 3 is 2.14 bits per heavy atom. The third kappa shape index (κ3) is 7.57. The highest BCUT2D eigenvalue weighted by molar-refractivity contribution is 6.10. The molecule has 2 N–H and O–H groups in total. The molecule has 0 spiro atoms. The first-order valence-electron chi connectivity index (χ1n) is 8.09. The van der Waals surface area contributed by atoms with Crippen LogP contribution in [0.1, 0.15) is 15.9 Å². The van der Waals surface area contributed by atoms with Crippen molar-refractivity contribution >= 4 is 17.7 Å². The summed E-state index contributed by atoms with van der Waals surface area (Å²) in [5.74, 6) is -1.57. The first-order valence-corrected chi connectivity index (χ1v) is 8.09. The van der Waals surface area contributed by atoms with E-state index in [1.807, 2.05) is 6.07 Å². The zero-order chi connectivity index (χ0) is 20.9. The molecule has 0 aromatic heterocycles. The van der Waals surface area contributed by atoms with Crippen molar-refractivity contribution in [3.05, 3.63) is 85.0 Å². The number of carboxylic acids is 1. The number of aromatic hydroxyl groups is 1. The van der Waals surface area contributed by atoms with Gasteiger partial charge < -0.3 is 19.7 Å². The Bertz CT molecular complexity index is 841. The van der Waals surface area contributed by atoms with E-state index in [1.54, 1.807) is 30.3 Å². The Hall–Kier alpha value is -3.87. The van der Waals surface area contributed by atoms with E-state index in [0.29, 0.717) is 11.3 Å². The molecule has 2 aromatic carbocycles. The van der Waals surface area contributed by atoms with E-state index in [-0.39, 0.29) is 30.3 Å². The van der Waals surface area contributed by atoms with Gasteiger partial charge in [0, 0.05) is 23.8 Å². The fraction of sp³-hybridized carbons (Fsp3) is 0.0952. The van der Waals surface area contributed by atoms with Crippen LogP contribution in [0.2, 0.25) is 0 Å². The average molecular weight is 384 g/mol. The summed E-state index contributed by atoms with van der Waals surface area (Å²) in [6.45, 7) is 6.44. The molecule has 0 bridgehead atoms. The molecule has 0 radical (unpaired) electrons. The molecule has 0 unspecified atom stereocenters. The molecule has 0 saturated heterocycles. The Morgan fingerprint density at radius 1 is 0.964 bits per heavy atom. The van der Waals surface area contributed by atoms with Crippen LogP contribution in [0.3, 0.4) is 0 Å². The van der Waals surface area contributed by atoms with Gasteiger partial charge in [-0.3, -0.25) is 4.79 Å². The summed E-state index contributed by atoms with van der Waals surface area (Å²) in [5.41, 5.74) is 0.689. The molecule has 0 fully saturated rings. The van der Waals surface area contributed by atoms with Crippen LogP contribution in [-0.4, -0.2) is 41.1 Å². The van der Waals surface area contributed by atoms with Crippen LogP contribution in [0.5, 0.6) is 11.5 Å². The van der Waals surface area contributed by atoms with Crippen molar-refractivity contribution in [1.29, 1.82) is 0 Å². The number of ether oxygens (including phenoxy) is 2. The fourth-order valence-electron chi connectivity index (χ4n) is 1.90. The highest BCUT2D eigenvalue weighted by Gasteiger charge is 2.14. The molecule has 0 aliphatic rings. The molecule has 0 saturated carbocycles. The van der Waals surface area contributed by atoms with E-state index in [9.17, 15) is 19.5 Å². The number of carbonyl (C=O) groups excluding carboxylic acids is 2. The van der Waals surface area contributed by atoms with E-state index in [2.05, 4.69) is 13.2 Å². The number of carbonyl (C=O) groups is 3. The van der Waals surface area contributed by atoms with Gasteiger partial charge >= 0.3 is 11.9 Å². The molecule has 2 aromatic rings. The van der Waals surface area contributed by atoms with E-state index >= 15 is 0 Å². The number of phenolic OH excluding ortho intramolecular Hbond substituents is 1. The molecule has 146 valence electrons. The number of rotatable bonds is 8. The topological polar surface area (TPSA) is 110 Å². The van der Waals surface area contributed by atoms with Crippen LogP contribution in [0.25, 0.3) is 0 Å². The van der Waals surface area contributed by atoms with E-state index in [4.69, 9.17) is 14.6 Å². The highest BCUT2D eigenvalue weighted by atomic mass is 16.6. The van der Waals surface area contributed by atoms with Gasteiger partial charge in [-0.05, 0) is 12.1 Å². The maximum atomic E-state index is 12.3. The first-order chi connectivity index (χ1) is 13.4. The monoisotopic (exact) mass is 384 g/mol. The SMILES string of the molecule is C=CC(=O)O.C=CC(=O)OCCOc1ccc(C(=O)c2ccccc2)c(O)c1. The molecule has 0 aliphatic heterocycles. The van der Waals surface area contributed by atoms with Gasteiger partial charge in [-0.15, -0.1) is 0 Å². The van der Waals surface area contributed by atoms with Crippen LogP contribution in [0.4, 0.5) is 0 Å². The Morgan fingerprint density at radius 2 is 1.61 bits per heavy atom. The lowest BCUT2D eigenvalue weighted by atomic mass is 10.0. The molecule has 0 amide bonds. The summed E-state index contributed by atoms with van der Waals surface area (Å²) < 4.78 is 10.1. The first kappa shape index (κ1) is 22.2. The summed E-state index contributed by atoms with van der Waals surface area (Å²) >= 11 is 0. The lowest BCUT2D eigenvalue weighted by Crippen LogP contribution is -2.10. The van der Waals surface area contributed by atoms with Crippen molar-refractivity contribution in [1.82, 2.24) is 0 Å². The minimum absolute atomic E-state index is 0.0658. The predicted molar refractivity (Wildman–Crippen MR) is 102 cm³/mol. The van der Waals surface area contributed by atoms with Gasteiger partial charge in [0.2, 0.25) is 0 Å². The number of hydrogen-bond donors (Lipinski definition) is 2. The second kappa shape index (κ2) is 11.7. The highest BCUT2D eigenvalue weighted by Crippen LogP contribution is 2.25. The minimum Gasteiger partial charge on any atom is -0.507 e. The van der Waals surface area contributed by atoms with E-state index in [1.165, 1.54) is 12.1 Å². The normalized spacial score (nSPS) is 9.29. The number of ketones is 1. The lowest BCUT2D eigenvalue weighted by molar-refractivity contribution is -0.138. The Labute approximate surface area is 162 Å². The summed E-state index contributed by atoms with van der Waals surface area (Å²) in [7, 11) is 0. The van der Waals surface area contributed by atoms with Crippen molar-refractivity contribution in [2.24, 2.45) is 0 Å². The van der Waals surface area contributed by atoms with Gasteiger partial charge in [0.1, 0.15) is 24.7 Å². The maximum absolute atomic E-state index is 12.3. The lowest BCUT2D eigenvalue weighted by Gasteiger charge is -2.09. The number of benzene rings is 2. The molecule has 7 nitrogen and oxygen atoms in total. The summed E-state index contributed by atoms with van der Waals surface area (Å²) in [6.07, 6.45) is 1.90. The van der Waals surface area contributed by atoms with Crippen molar-refractivity contribution in [3.8, 4) is 11.5 Å². The minimum atomic E-state index is -0.981. The van der Waals surface area contributed by atoms with Gasteiger partial charge in [-0.1, -0.05) is 43.5 Å². The number of phenols is 1. The molecule has 2 rings (SSSR count). The second-order valence-corrected chi connectivity index (χ2v) is 5.14. The van der Waals surface area contributed by atoms with Crippen molar-refractivity contribution in [3.63, 3.8) is 0 Å². The number of esters is 1. The predicted octanol–water partition coefficient (Wildman–Crippen LogP) is 2.99. The molecular formula is C21H20O7. The van der Waals surface area contributed by atoms with Crippen LogP contribution in [0.15, 0.2) is 73.8 Å². The largest absolute Gasteiger partial charge is 0.507 e. The van der Waals surface area contributed by atoms with Gasteiger partial charge in [-0.2, -0.15) is 0 Å². The van der Waals surface area contributed by atoms with Crippen LogP contribution in [-0.2, 0) is 14.3 Å². The van der Waals surface area contributed by atoms with Crippen molar-refractivity contribution in [2.45, 2.75) is 0 Å². The Kier molecular flexibility index (Phi) is 9.26. The number of hydrogen-bond acceptors (Lipinski definition) is 6. The van der Waals surface area contributed by atoms with Crippen molar-refractivity contribution in [2.75, 3.05) is 13.2 Å². The summed E-state index contributed by atoms with van der Waals surface area (Å²) in [5, 5.41) is 17.6. The maximum Gasteiger partial charge on any atom is 0.330 e. The van der Waals surface area contributed by atoms with Gasteiger partial charge in [-0.25, -0.2) is 9.59 Å².